The van der Waals surface area contributed by atoms with E-state index in [1.54, 1.807) is 45.0 Å². The monoisotopic (exact) mass is 425 g/mol. The summed E-state index contributed by atoms with van der Waals surface area (Å²) in [6, 6.07) is 10.4. The Kier molecular flexibility index (Phi) is 6.24. The highest BCUT2D eigenvalue weighted by molar-refractivity contribution is 5.90. The second kappa shape index (κ2) is 8.86. The minimum atomic E-state index is -1.23. The molecule has 31 heavy (non-hydrogen) atoms. The number of carboxylic acids is 1. The fourth-order valence-electron chi connectivity index (χ4n) is 2.75. The van der Waals surface area contributed by atoms with Crippen molar-refractivity contribution in [3.05, 3.63) is 48.2 Å². The van der Waals surface area contributed by atoms with Gasteiger partial charge in [0, 0.05) is 11.8 Å². The number of carbonyl (C=O) groups excluding carboxylic acids is 1. The summed E-state index contributed by atoms with van der Waals surface area (Å²) in [5.74, 6) is -0.877. The van der Waals surface area contributed by atoms with E-state index in [1.807, 2.05) is 12.1 Å². The van der Waals surface area contributed by atoms with Gasteiger partial charge in [0.2, 0.25) is 5.88 Å². The molecule has 0 unspecified atom stereocenters. The number of fused-ring (bicyclic) bond motifs is 1. The summed E-state index contributed by atoms with van der Waals surface area (Å²) in [6.07, 6.45) is 0.586. The maximum Gasteiger partial charge on any atom is 0.407 e. The number of amides is 1. The van der Waals surface area contributed by atoms with Crippen LogP contribution in [0.4, 0.5) is 4.79 Å². The van der Waals surface area contributed by atoms with E-state index in [2.05, 4.69) is 15.3 Å². The maximum absolute atomic E-state index is 11.7. The molecule has 0 fully saturated rings. The third-order valence-corrected chi connectivity index (χ3v) is 4.08. The van der Waals surface area contributed by atoms with Gasteiger partial charge in [0.1, 0.15) is 23.5 Å². The number of nitrogens with one attached hydrogen (secondary N) is 1. The average molecular weight is 425 g/mol. The lowest BCUT2D eigenvalue weighted by molar-refractivity contribution is 0.0517. The summed E-state index contributed by atoms with van der Waals surface area (Å²) < 4.78 is 10.6. The predicted molar refractivity (Wildman–Crippen MR) is 113 cm³/mol. The van der Waals surface area contributed by atoms with Crippen molar-refractivity contribution in [1.29, 1.82) is 0 Å². The van der Waals surface area contributed by atoms with E-state index in [1.165, 1.54) is 6.20 Å². The van der Waals surface area contributed by atoms with Gasteiger partial charge >= 0.3 is 12.1 Å². The Hall–Kier alpha value is -3.88. The number of phenolic OH excluding ortho intramolecular Hbond substituents is 1. The molecule has 0 spiro atoms. The van der Waals surface area contributed by atoms with Crippen molar-refractivity contribution in [3.8, 4) is 23.0 Å². The Bertz CT molecular complexity index is 1120. The van der Waals surface area contributed by atoms with Crippen LogP contribution in [0.5, 0.6) is 11.6 Å². The van der Waals surface area contributed by atoms with E-state index in [0.29, 0.717) is 5.56 Å². The van der Waals surface area contributed by atoms with Crippen LogP contribution in [0.15, 0.2) is 42.6 Å². The van der Waals surface area contributed by atoms with Crippen molar-refractivity contribution in [2.45, 2.75) is 26.4 Å². The molecule has 0 aliphatic heterocycles. The van der Waals surface area contributed by atoms with E-state index >= 15 is 0 Å². The molecule has 0 bridgehead atoms. The Morgan fingerprint density at radius 3 is 2.52 bits per heavy atom. The van der Waals surface area contributed by atoms with Crippen LogP contribution in [0.2, 0.25) is 0 Å². The highest BCUT2D eigenvalue weighted by Crippen LogP contribution is 2.26. The number of aromatic hydroxyl groups is 1. The zero-order valence-corrected chi connectivity index (χ0v) is 17.4. The summed E-state index contributed by atoms with van der Waals surface area (Å²) in [4.78, 5) is 31.6. The number of hydrogen-bond acceptors (Lipinski definition) is 7. The number of hydrogen-bond donors (Lipinski definition) is 3. The number of nitrogens with zero attached hydrogens (tertiary/aromatic N) is 2. The van der Waals surface area contributed by atoms with E-state index in [0.717, 1.165) is 10.8 Å². The lowest BCUT2D eigenvalue weighted by Crippen LogP contribution is -2.34. The second-order valence-electron chi connectivity index (χ2n) is 7.74. The van der Waals surface area contributed by atoms with Gasteiger partial charge in [-0.1, -0.05) is 18.2 Å². The smallest absolute Gasteiger partial charge is 0.407 e. The van der Waals surface area contributed by atoms with Crippen LogP contribution < -0.4 is 10.1 Å². The van der Waals surface area contributed by atoms with Crippen LogP contribution in [-0.4, -0.2) is 51.0 Å². The number of ether oxygens (including phenoxy) is 2. The predicted octanol–water partition coefficient (Wildman–Crippen LogP) is 3.60. The zero-order chi connectivity index (χ0) is 22.6. The molecule has 0 atom stereocenters. The maximum atomic E-state index is 11.7. The molecule has 1 heterocycles. The van der Waals surface area contributed by atoms with Crippen LogP contribution >= 0.6 is 0 Å². The summed E-state index contributed by atoms with van der Waals surface area (Å²) in [6.45, 7) is 5.35. The minimum Gasteiger partial charge on any atom is -0.508 e. The SMILES string of the molecule is CC(C)(C)OC(=O)NCCOc1nc(-c2ccc3cc(O)ccc3c2)ncc1C(=O)O. The largest absolute Gasteiger partial charge is 0.508 e. The fourth-order valence-corrected chi connectivity index (χ4v) is 2.75. The molecule has 0 aliphatic rings. The van der Waals surface area contributed by atoms with Gasteiger partial charge in [-0.2, -0.15) is 4.98 Å². The first-order valence-corrected chi connectivity index (χ1v) is 9.55. The van der Waals surface area contributed by atoms with Crippen LogP contribution in [0.1, 0.15) is 31.1 Å². The van der Waals surface area contributed by atoms with Crippen molar-refractivity contribution in [3.63, 3.8) is 0 Å². The van der Waals surface area contributed by atoms with Gasteiger partial charge in [-0.15, -0.1) is 0 Å². The number of aromatic carboxylic acids is 1. The molecule has 9 nitrogen and oxygen atoms in total. The Morgan fingerprint density at radius 1 is 1.10 bits per heavy atom. The third-order valence-electron chi connectivity index (χ3n) is 4.08. The lowest BCUT2D eigenvalue weighted by atomic mass is 10.1. The topological polar surface area (TPSA) is 131 Å². The van der Waals surface area contributed by atoms with Crippen molar-refractivity contribution in [2.75, 3.05) is 13.2 Å². The summed E-state index contributed by atoms with van der Waals surface area (Å²) in [5, 5.41) is 23.2. The molecule has 3 N–H and O–H groups in total. The molecule has 2 aromatic carbocycles. The number of alkyl carbamates (subject to hydrolysis) is 1. The van der Waals surface area contributed by atoms with Crippen molar-refractivity contribution < 1.29 is 29.3 Å². The molecule has 3 rings (SSSR count). The molecule has 1 amide bonds. The van der Waals surface area contributed by atoms with E-state index < -0.39 is 17.7 Å². The standard InChI is InChI=1S/C22H23N3O6/c1-22(2,3)31-21(29)23-8-9-30-19-17(20(27)28)12-24-18(25-19)15-5-4-14-11-16(26)7-6-13(14)10-15/h4-7,10-12,26H,8-9H2,1-3H3,(H,23,29)(H,27,28). The van der Waals surface area contributed by atoms with Crippen LogP contribution in [0, 0.1) is 0 Å². The fraction of sp³-hybridized carbons (Fsp3) is 0.273. The van der Waals surface area contributed by atoms with Gasteiger partial charge in [-0.05, 0) is 49.7 Å². The van der Waals surface area contributed by atoms with Gasteiger partial charge in [-0.3, -0.25) is 0 Å². The van der Waals surface area contributed by atoms with Crippen LogP contribution in [-0.2, 0) is 4.74 Å². The summed E-state index contributed by atoms with van der Waals surface area (Å²) >= 11 is 0. The summed E-state index contributed by atoms with van der Waals surface area (Å²) in [5.41, 5.74) is -0.153. The molecular weight excluding hydrogens is 402 g/mol. The van der Waals surface area contributed by atoms with E-state index in [-0.39, 0.29) is 36.2 Å². The van der Waals surface area contributed by atoms with Gasteiger partial charge in [0.05, 0.1) is 6.54 Å². The Morgan fingerprint density at radius 2 is 1.81 bits per heavy atom. The lowest BCUT2D eigenvalue weighted by Gasteiger charge is -2.19. The number of benzene rings is 2. The minimum absolute atomic E-state index is 0.00697. The number of rotatable bonds is 6. The van der Waals surface area contributed by atoms with Gasteiger partial charge in [0.25, 0.3) is 0 Å². The highest BCUT2D eigenvalue weighted by Gasteiger charge is 2.18. The van der Waals surface area contributed by atoms with Crippen LogP contribution in [0.3, 0.4) is 0 Å². The second-order valence-corrected chi connectivity index (χ2v) is 7.74. The molecule has 0 saturated carbocycles. The first-order chi connectivity index (χ1) is 14.6. The molecule has 0 aliphatic carbocycles. The normalized spacial score (nSPS) is 11.2. The van der Waals surface area contributed by atoms with Gasteiger partial charge in [-0.25, -0.2) is 14.6 Å². The zero-order valence-electron chi connectivity index (χ0n) is 17.4. The van der Waals surface area contributed by atoms with Crippen molar-refractivity contribution >= 4 is 22.8 Å². The third kappa shape index (κ3) is 5.81. The van der Waals surface area contributed by atoms with Gasteiger partial charge in [0.15, 0.2) is 5.82 Å². The number of phenols is 1. The Labute approximate surface area is 178 Å². The molecule has 0 radical (unpaired) electrons. The highest BCUT2D eigenvalue weighted by atomic mass is 16.6. The molecule has 3 aromatic rings. The number of aromatic nitrogens is 2. The van der Waals surface area contributed by atoms with Crippen molar-refractivity contribution in [2.24, 2.45) is 0 Å². The van der Waals surface area contributed by atoms with Crippen molar-refractivity contribution in [1.82, 2.24) is 15.3 Å². The first-order valence-electron chi connectivity index (χ1n) is 9.55. The summed E-state index contributed by atoms with van der Waals surface area (Å²) in [7, 11) is 0. The van der Waals surface area contributed by atoms with E-state index in [9.17, 15) is 19.8 Å². The number of carboxylic acid groups (broad SMARTS) is 1. The first kappa shape index (κ1) is 21.8. The molecule has 1 aromatic heterocycles. The van der Waals surface area contributed by atoms with Crippen LogP contribution in [0.25, 0.3) is 22.2 Å². The number of carbonyl (C=O) groups is 2. The Balaban J connectivity index is 1.76. The quantitative estimate of drug-likeness (QED) is 0.511. The molecule has 9 heteroatoms. The molecule has 162 valence electrons. The van der Waals surface area contributed by atoms with Gasteiger partial charge < -0.3 is 25.0 Å². The van der Waals surface area contributed by atoms with E-state index in [4.69, 9.17) is 9.47 Å². The average Bonchev–Trinajstić information content (AvgIpc) is 2.69. The molecular formula is C22H23N3O6. The molecule has 0 saturated heterocycles.